The first kappa shape index (κ1) is 24.6. The van der Waals surface area contributed by atoms with Crippen LogP contribution in [0.4, 0.5) is 0 Å². The molecule has 3 aromatic rings. The van der Waals surface area contributed by atoms with Crippen molar-refractivity contribution < 1.29 is 14.7 Å². The number of carbonyl (C=O) groups is 2. The fraction of sp³-hybridized carbons (Fsp3) is 0.345. The van der Waals surface area contributed by atoms with Gasteiger partial charge in [0, 0.05) is 49.4 Å². The summed E-state index contributed by atoms with van der Waals surface area (Å²) in [5.41, 5.74) is 12.1. The summed E-state index contributed by atoms with van der Waals surface area (Å²) in [6.45, 7) is 3.62. The Morgan fingerprint density at radius 1 is 1.11 bits per heavy atom. The molecule has 1 unspecified atom stereocenters. The predicted molar refractivity (Wildman–Crippen MR) is 143 cm³/mol. The second-order valence-electron chi connectivity index (χ2n) is 10.0. The molecule has 4 N–H and O–H groups in total. The molecule has 1 saturated carbocycles. The molecule has 1 aromatic heterocycles. The zero-order chi connectivity index (χ0) is 26.1. The Morgan fingerprint density at radius 2 is 1.89 bits per heavy atom. The van der Waals surface area contributed by atoms with Crippen molar-refractivity contribution in [1.82, 2.24) is 20.0 Å². The highest BCUT2D eigenvalue weighted by Gasteiger charge is 2.45. The van der Waals surface area contributed by atoms with Crippen LogP contribution in [0.5, 0.6) is 0 Å². The lowest BCUT2D eigenvalue weighted by Gasteiger charge is -2.26. The van der Waals surface area contributed by atoms with E-state index in [1.807, 2.05) is 48.2 Å². The van der Waals surface area contributed by atoms with Crippen LogP contribution in [0, 0.1) is 12.8 Å². The third-order valence-electron chi connectivity index (χ3n) is 7.31. The summed E-state index contributed by atoms with van der Waals surface area (Å²) in [4.78, 5) is 27.1. The Kier molecular flexibility index (Phi) is 6.74. The van der Waals surface area contributed by atoms with Crippen LogP contribution in [0.3, 0.4) is 0 Å². The standard InChI is InChI=1S/C29H33N5O3/c1-18-11-21(19-7-6-8-20(13-19)28(35)33-9-4-3-5-10-33)14-22(12-18)34-27(25(16-32-34)29(36)37)24-15-23(24)26(30)17-31-2/h6-8,11-14,16-17,23-24,31H,3-5,9-10,15,30H2,1-2H3,(H,36,37)/b26-17-/t23-,24?/m0/s1. The summed E-state index contributed by atoms with van der Waals surface area (Å²) in [7, 11) is 1.79. The van der Waals surface area contributed by atoms with Gasteiger partial charge in [0.15, 0.2) is 0 Å². The number of nitrogens with zero attached hydrogens (tertiary/aromatic N) is 3. The molecule has 1 aliphatic heterocycles. The molecule has 192 valence electrons. The predicted octanol–water partition coefficient (Wildman–Crippen LogP) is 4.30. The van der Waals surface area contributed by atoms with Gasteiger partial charge in [-0.3, -0.25) is 4.79 Å². The smallest absolute Gasteiger partial charge is 0.339 e. The summed E-state index contributed by atoms with van der Waals surface area (Å²) in [5, 5.41) is 17.3. The highest BCUT2D eigenvalue weighted by Crippen LogP contribution is 2.51. The minimum absolute atomic E-state index is 0.0207. The van der Waals surface area contributed by atoms with E-state index in [0.717, 1.165) is 54.7 Å². The number of carbonyl (C=O) groups excluding carboxylic acids is 1. The first-order chi connectivity index (χ1) is 17.9. The van der Waals surface area contributed by atoms with E-state index in [9.17, 15) is 14.7 Å². The number of piperidine rings is 1. The molecule has 0 radical (unpaired) electrons. The first-order valence-electron chi connectivity index (χ1n) is 12.8. The SMILES string of the molecule is CN/C=C(\N)[C@H]1CC1c1c(C(=O)O)cnn1-c1cc(C)cc(-c2cccc(C(=O)N3CCCCC3)c2)c1. The Bertz CT molecular complexity index is 1370. The minimum atomic E-state index is -1.00. The van der Waals surface area contributed by atoms with Crippen molar-refractivity contribution in [3.05, 3.63) is 82.9 Å². The molecule has 8 nitrogen and oxygen atoms in total. The van der Waals surface area contributed by atoms with E-state index in [1.165, 1.54) is 12.6 Å². The number of benzene rings is 2. The van der Waals surface area contributed by atoms with E-state index < -0.39 is 5.97 Å². The molecule has 1 saturated heterocycles. The number of aromatic carboxylic acids is 1. The van der Waals surface area contributed by atoms with Gasteiger partial charge in [0.2, 0.25) is 0 Å². The summed E-state index contributed by atoms with van der Waals surface area (Å²) >= 11 is 0. The lowest BCUT2D eigenvalue weighted by molar-refractivity contribution is 0.0693. The number of rotatable bonds is 7. The molecule has 2 fully saturated rings. The number of carboxylic acid groups (broad SMARTS) is 1. The zero-order valence-electron chi connectivity index (χ0n) is 21.3. The second-order valence-corrected chi connectivity index (χ2v) is 10.0. The number of amides is 1. The number of carboxylic acids is 1. The Balaban J connectivity index is 1.51. The van der Waals surface area contributed by atoms with Crippen LogP contribution in [-0.2, 0) is 0 Å². The Labute approximate surface area is 216 Å². The van der Waals surface area contributed by atoms with Crippen molar-refractivity contribution in [1.29, 1.82) is 0 Å². The highest BCUT2D eigenvalue weighted by atomic mass is 16.4. The van der Waals surface area contributed by atoms with Crippen LogP contribution in [-0.4, -0.2) is 51.8 Å². The first-order valence-corrected chi connectivity index (χ1v) is 12.8. The molecule has 1 aliphatic carbocycles. The normalized spacial score (nSPS) is 19.5. The topological polar surface area (TPSA) is 113 Å². The highest BCUT2D eigenvalue weighted by molar-refractivity contribution is 5.95. The third-order valence-corrected chi connectivity index (χ3v) is 7.31. The van der Waals surface area contributed by atoms with Crippen molar-refractivity contribution in [2.24, 2.45) is 11.7 Å². The maximum atomic E-state index is 13.1. The van der Waals surface area contributed by atoms with E-state index in [1.54, 1.807) is 17.9 Å². The molecule has 2 atom stereocenters. The maximum Gasteiger partial charge on any atom is 0.339 e. The van der Waals surface area contributed by atoms with Crippen LogP contribution in [0.25, 0.3) is 16.8 Å². The van der Waals surface area contributed by atoms with Gasteiger partial charge in [-0.2, -0.15) is 5.10 Å². The molecular weight excluding hydrogens is 466 g/mol. The molecule has 0 spiro atoms. The largest absolute Gasteiger partial charge is 0.478 e. The van der Waals surface area contributed by atoms with Crippen molar-refractivity contribution >= 4 is 11.9 Å². The third kappa shape index (κ3) is 4.96. The van der Waals surface area contributed by atoms with E-state index in [-0.39, 0.29) is 23.3 Å². The number of aromatic nitrogens is 2. The number of nitrogens with two attached hydrogens (primary N) is 1. The summed E-state index contributed by atoms with van der Waals surface area (Å²) < 4.78 is 1.74. The van der Waals surface area contributed by atoms with Gasteiger partial charge < -0.3 is 21.1 Å². The van der Waals surface area contributed by atoms with E-state index in [0.29, 0.717) is 17.0 Å². The van der Waals surface area contributed by atoms with Gasteiger partial charge in [0.05, 0.1) is 17.6 Å². The van der Waals surface area contributed by atoms with Crippen LogP contribution >= 0.6 is 0 Å². The molecule has 2 heterocycles. The van der Waals surface area contributed by atoms with Crippen molar-refractivity contribution in [2.45, 2.75) is 38.5 Å². The maximum absolute atomic E-state index is 13.1. The average molecular weight is 500 g/mol. The van der Waals surface area contributed by atoms with Crippen molar-refractivity contribution in [3.63, 3.8) is 0 Å². The van der Waals surface area contributed by atoms with Crippen molar-refractivity contribution in [3.8, 4) is 16.8 Å². The van der Waals surface area contributed by atoms with Crippen LogP contribution < -0.4 is 11.1 Å². The fourth-order valence-electron chi connectivity index (χ4n) is 5.39. The lowest BCUT2D eigenvalue weighted by Crippen LogP contribution is -2.35. The van der Waals surface area contributed by atoms with Gasteiger partial charge in [-0.1, -0.05) is 18.2 Å². The lowest BCUT2D eigenvalue weighted by atomic mass is 9.99. The summed E-state index contributed by atoms with van der Waals surface area (Å²) in [6.07, 6.45) is 7.23. The van der Waals surface area contributed by atoms with E-state index in [2.05, 4.69) is 16.5 Å². The van der Waals surface area contributed by atoms with Crippen LogP contribution in [0.15, 0.2) is 60.6 Å². The number of hydrogen-bond donors (Lipinski definition) is 3. The number of allylic oxidation sites excluding steroid dienone is 1. The number of aryl methyl sites for hydroxylation is 1. The number of nitrogens with one attached hydrogen (secondary N) is 1. The van der Waals surface area contributed by atoms with E-state index >= 15 is 0 Å². The molecular formula is C29H33N5O3. The quantitative estimate of drug-likeness (QED) is 0.447. The summed E-state index contributed by atoms with van der Waals surface area (Å²) in [6, 6.07) is 13.8. The molecule has 5 rings (SSSR count). The number of likely N-dealkylation sites (tertiary alicyclic amines) is 1. The fourth-order valence-corrected chi connectivity index (χ4v) is 5.39. The Morgan fingerprint density at radius 3 is 2.62 bits per heavy atom. The zero-order valence-corrected chi connectivity index (χ0v) is 21.3. The molecule has 8 heteroatoms. The minimum Gasteiger partial charge on any atom is -0.478 e. The van der Waals surface area contributed by atoms with Gasteiger partial charge >= 0.3 is 5.97 Å². The Hall–Kier alpha value is -4.07. The van der Waals surface area contributed by atoms with Gasteiger partial charge in [-0.25, -0.2) is 9.48 Å². The molecule has 37 heavy (non-hydrogen) atoms. The van der Waals surface area contributed by atoms with Gasteiger partial charge in [0.1, 0.15) is 5.56 Å². The van der Waals surface area contributed by atoms with Gasteiger partial charge in [-0.15, -0.1) is 0 Å². The summed E-state index contributed by atoms with van der Waals surface area (Å²) in [5.74, 6) is -0.878. The van der Waals surface area contributed by atoms with Crippen molar-refractivity contribution in [2.75, 3.05) is 20.1 Å². The second kappa shape index (κ2) is 10.1. The molecule has 2 aliphatic rings. The van der Waals surface area contributed by atoms with Gasteiger partial charge in [-0.05, 0) is 73.6 Å². The molecule has 2 aromatic carbocycles. The monoisotopic (exact) mass is 499 g/mol. The van der Waals surface area contributed by atoms with E-state index in [4.69, 9.17) is 5.73 Å². The van der Waals surface area contributed by atoms with Gasteiger partial charge in [0.25, 0.3) is 5.91 Å². The molecule has 1 amide bonds. The molecule has 0 bridgehead atoms. The van der Waals surface area contributed by atoms with Crippen LogP contribution in [0.1, 0.15) is 63.6 Å². The number of hydrogen-bond acceptors (Lipinski definition) is 5. The average Bonchev–Trinajstić information content (AvgIpc) is 3.58. The van der Waals surface area contributed by atoms with Crippen LogP contribution in [0.2, 0.25) is 0 Å².